The van der Waals surface area contributed by atoms with E-state index in [1.165, 1.54) is 30.5 Å². The molecule has 2 heterocycles. The molecule has 0 unspecified atom stereocenters. The Kier molecular flexibility index (Phi) is 2.24. The monoisotopic (exact) mass is 213 g/mol. The van der Waals surface area contributed by atoms with Gasteiger partial charge in [0.05, 0.1) is 5.69 Å². The Balaban J connectivity index is 2.15. The highest BCUT2D eigenvalue weighted by molar-refractivity contribution is 5.63. The summed E-state index contributed by atoms with van der Waals surface area (Å²) >= 11 is 0. The van der Waals surface area contributed by atoms with E-state index in [0.29, 0.717) is 0 Å². The summed E-state index contributed by atoms with van der Waals surface area (Å²) in [5, 5.41) is 4.64. The van der Waals surface area contributed by atoms with Gasteiger partial charge in [-0.2, -0.15) is 5.10 Å². The van der Waals surface area contributed by atoms with Crippen LogP contribution in [0.1, 0.15) is 24.1 Å². The molecular formula is C13H15N3. The molecule has 0 spiro atoms. The van der Waals surface area contributed by atoms with Gasteiger partial charge in [-0.25, -0.2) is 0 Å². The largest absolute Gasteiger partial charge is 0.272 e. The van der Waals surface area contributed by atoms with Gasteiger partial charge in [0.25, 0.3) is 0 Å². The van der Waals surface area contributed by atoms with Crippen LogP contribution < -0.4 is 0 Å². The van der Waals surface area contributed by atoms with Gasteiger partial charge in [-0.15, -0.1) is 0 Å². The first-order valence-corrected chi connectivity index (χ1v) is 5.81. The van der Waals surface area contributed by atoms with E-state index >= 15 is 0 Å². The second-order valence-electron chi connectivity index (χ2n) is 4.35. The number of pyridine rings is 1. The molecule has 0 bridgehead atoms. The Labute approximate surface area is 95.1 Å². The molecule has 0 aliphatic heterocycles. The Bertz CT molecular complexity index is 499. The zero-order chi connectivity index (χ0) is 11.0. The summed E-state index contributed by atoms with van der Waals surface area (Å²) in [7, 11) is 2.05. The zero-order valence-corrected chi connectivity index (χ0v) is 9.48. The second kappa shape index (κ2) is 3.74. The zero-order valence-electron chi connectivity index (χ0n) is 9.48. The maximum atomic E-state index is 4.64. The molecule has 16 heavy (non-hydrogen) atoms. The first-order valence-electron chi connectivity index (χ1n) is 5.81. The van der Waals surface area contributed by atoms with Crippen molar-refractivity contribution in [1.29, 1.82) is 0 Å². The molecular weight excluding hydrogens is 198 g/mol. The summed E-state index contributed by atoms with van der Waals surface area (Å²) in [4.78, 5) is 4.17. The molecule has 0 saturated heterocycles. The van der Waals surface area contributed by atoms with Crippen LogP contribution >= 0.6 is 0 Å². The number of aryl methyl sites for hydroxylation is 1. The lowest BCUT2D eigenvalue weighted by molar-refractivity contribution is 0.626. The fraction of sp³-hybridized carbons (Fsp3) is 0.385. The van der Waals surface area contributed by atoms with Crippen molar-refractivity contribution in [3.8, 4) is 11.3 Å². The molecule has 2 aromatic heterocycles. The Morgan fingerprint density at radius 3 is 2.94 bits per heavy atom. The lowest BCUT2D eigenvalue weighted by Gasteiger charge is -2.12. The molecule has 0 atom stereocenters. The first-order chi connectivity index (χ1) is 7.86. The van der Waals surface area contributed by atoms with Gasteiger partial charge in [0, 0.05) is 36.3 Å². The lowest BCUT2D eigenvalue weighted by Crippen LogP contribution is -2.05. The predicted molar refractivity (Wildman–Crippen MR) is 63.1 cm³/mol. The van der Waals surface area contributed by atoms with Gasteiger partial charge in [0.1, 0.15) is 0 Å². The fourth-order valence-corrected chi connectivity index (χ4v) is 2.51. The van der Waals surface area contributed by atoms with E-state index < -0.39 is 0 Å². The second-order valence-corrected chi connectivity index (χ2v) is 4.35. The summed E-state index contributed by atoms with van der Waals surface area (Å²) < 4.78 is 2.04. The van der Waals surface area contributed by atoms with Crippen molar-refractivity contribution in [3.63, 3.8) is 0 Å². The van der Waals surface area contributed by atoms with E-state index in [0.717, 1.165) is 17.7 Å². The SMILES string of the molecule is Cn1nc(-c2cccnc2)c2c1CCCC2. The third kappa shape index (κ3) is 1.43. The molecule has 3 nitrogen and oxygen atoms in total. The predicted octanol–water partition coefficient (Wildman–Crippen LogP) is 2.36. The van der Waals surface area contributed by atoms with Gasteiger partial charge >= 0.3 is 0 Å². The van der Waals surface area contributed by atoms with Crippen molar-refractivity contribution in [1.82, 2.24) is 14.8 Å². The van der Waals surface area contributed by atoms with Crippen molar-refractivity contribution in [2.24, 2.45) is 7.05 Å². The van der Waals surface area contributed by atoms with Gasteiger partial charge in [-0.05, 0) is 37.8 Å². The molecule has 0 aromatic carbocycles. The van der Waals surface area contributed by atoms with Crippen molar-refractivity contribution in [2.75, 3.05) is 0 Å². The number of nitrogens with zero attached hydrogens (tertiary/aromatic N) is 3. The number of hydrogen-bond donors (Lipinski definition) is 0. The third-order valence-electron chi connectivity index (χ3n) is 3.30. The highest BCUT2D eigenvalue weighted by Crippen LogP contribution is 2.30. The van der Waals surface area contributed by atoms with Crippen molar-refractivity contribution < 1.29 is 0 Å². The summed E-state index contributed by atoms with van der Waals surface area (Å²) in [5.74, 6) is 0. The number of rotatable bonds is 1. The molecule has 82 valence electrons. The number of aromatic nitrogens is 3. The van der Waals surface area contributed by atoms with E-state index in [1.54, 1.807) is 6.20 Å². The van der Waals surface area contributed by atoms with Crippen LogP contribution in [-0.2, 0) is 19.9 Å². The molecule has 0 fully saturated rings. The van der Waals surface area contributed by atoms with E-state index in [2.05, 4.69) is 16.1 Å². The van der Waals surface area contributed by atoms with Gasteiger partial charge in [0.2, 0.25) is 0 Å². The minimum Gasteiger partial charge on any atom is -0.272 e. The summed E-state index contributed by atoms with van der Waals surface area (Å²) in [5.41, 5.74) is 5.11. The highest BCUT2D eigenvalue weighted by Gasteiger charge is 2.19. The molecule has 1 aliphatic rings. The molecule has 0 radical (unpaired) electrons. The van der Waals surface area contributed by atoms with Crippen LogP contribution in [0.15, 0.2) is 24.5 Å². The standard InChI is InChI=1S/C13H15N3/c1-16-12-7-3-2-6-11(12)13(15-16)10-5-4-8-14-9-10/h4-5,8-9H,2-3,6-7H2,1H3. The van der Waals surface area contributed by atoms with Crippen LogP contribution in [0.2, 0.25) is 0 Å². The number of hydrogen-bond acceptors (Lipinski definition) is 2. The minimum atomic E-state index is 1.13. The number of fused-ring (bicyclic) bond motifs is 1. The molecule has 0 amide bonds. The third-order valence-corrected chi connectivity index (χ3v) is 3.30. The van der Waals surface area contributed by atoms with Crippen LogP contribution in [0, 0.1) is 0 Å². The average molecular weight is 213 g/mol. The molecule has 1 aliphatic carbocycles. The molecule has 3 heteroatoms. The lowest BCUT2D eigenvalue weighted by atomic mass is 9.94. The summed E-state index contributed by atoms with van der Waals surface area (Å²) in [6.07, 6.45) is 8.60. The smallest absolute Gasteiger partial charge is 0.0973 e. The van der Waals surface area contributed by atoms with Gasteiger partial charge in [0.15, 0.2) is 0 Å². The van der Waals surface area contributed by atoms with E-state index in [-0.39, 0.29) is 0 Å². The van der Waals surface area contributed by atoms with E-state index in [1.807, 2.05) is 24.0 Å². The maximum Gasteiger partial charge on any atom is 0.0973 e. The molecule has 0 saturated carbocycles. The molecule has 0 N–H and O–H groups in total. The van der Waals surface area contributed by atoms with Crippen LogP contribution in [0.3, 0.4) is 0 Å². The fourth-order valence-electron chi connectivity index (χ4n) is 2.51. The average Bonchev–Trinajstić information content (AvgIpc) is 2.69. The van der Waals surface area contributed by atoms with E-state index in [4.69, 9.17) is 0 Å². The van der Waals surface area contributed by atoms with Crippen LogP contribution in [0.25, 0.3) is 11.3 Å². The van der Waals surface area contributed by atoms with Gasteiger partial charge in [-0.1, -0.05) is 0 Å². The Hall–Kier alpha value is -1.64. The van der Waals surface area contributed by atoms with Crippen molar-refractivity contribution in [3.05, 3.63) is 35.8 Å². The van der Waals surface area contributed by atoms with Crippen LogP contribution in [-0.4, -0.2) is 14.8 Å². The summed E-state index contributed by atoms with van der Waals surface area (Å²) in [6.45, 7) is 0. The van der Waals surface area contributed by atoms with Crippen LogP contribution in [0.4, 0.5) is 0 Å². The highest BCUT2D eigenvalue weighted by atomic mass is 15.3. The van der Waals surface area contributed by atoms with Crippen LogP contribution in [0.5, 0.6) is 0 Å². The van der Waals surface area contributed by atoms with Gasteiger partial charge in [-0.3, -0.25) is 9.67 Å². The van der Waals surface area contributed by atoms with E-state index in [9.17, 15) is 0 Å². The van der Waals surface area contributed by atoms with Gasteiger partial charge < -0.3 is 0 Å². The summed E-state index contributed by atoms with van der Waals surface area (Å²) in [6, 6.07) is 4.06. The normalized spacial score (nSPS) is 14.8. The molecule has 3 rings (SSSR count). The van der Waals surface area contributed by atoms with Crippen molar-refractivity contribution in [2.45, 2.75) is 25.7 Å². The Morgan fingerprint density at radius 2 is 2.12 bits per heavy atom. The van der Waals surface area contributed by atoms with Crippen molar-refractivity contribution >= 4 is 0 Å². The first kappa shape index (κ1) is 9.58. The quantitative estimate of drug-likeness (QED) is 0.728. The molecule has 2 aromatic rings. The minimum absolute atomic E-state index is 1.13. The Morgan fingerprint density at radius 1 is 1.25 bits per heavy atom. The maximum absolute atomic E-state index is 4.64. The topological polar surface area (TPSA) is 30.7 Å².